The number of hydrogen-bond acceptors (Lipinski definition) is 7. The fourth-order valence-corrected chi connectivity index (χ4v) is 4.53. The molecule has 11 heteroatoms. The van der Waals surface area contributed by atoms with E-state index in [4.69, 9.17) is 21.7 Å². The normalized spacial score (nSPS) is 11.3. The molecule has 1 amide bonds. The van der Waals surface area contributed by atoms with Crippen LogP contribution >= 0.6 is 23.6 Å². The zero-order valence-electron chi connectivity index (χ0n) is 17.2. The van der Waals surface area contributed by atoms with Crippen molar-refractivity contribution in [2.45, 2.75) is 11.3 Å². The van der Waals surface area contributed by atoms with Gasteiger partial charge in [0, 0.05) is 31.7 Å². The average Bonchev–Trinajstić information content (AvgIpc) is 3.26. The molecule has 0 saturated carbocycles. The molecule has 168 valence electrons. The first-order valence-electron chi connectivity index (χ1n) is 9.34. The summed E-state index contributed by atoms with van der Waals surface area (Å²) in [6, 6.07) is 8.68. The number of hydrogen-bond donors (Lipinski definition) is 3. The SMILES string of the molecule is CNC(=S)NS(=O)(=O)c1cc(CCNC(=O)/C=C/c2cccs2)ccc1OCCOC. The number of sulfonamides is 1. The number of methoxy groups -OCH3 is 1. The maximum Gasteiger partial charge on any atom is 0.267 e. The number of ether oxygens (including phenoxy) is 2. The summed E-state index contributed by atoms with van der Waals surface area (Å²) in [5.41, 5.74) is 0.720. The Morgan fingerprint density at radius 3 is 2.74 bits per heavy atom. The van der Waals surface area contributed by atoms with Gasteiger partial charge in [0.05, 0.1) is 6.61 Å². The van der Waals surface area contributed by atoms with E-state index in [1.807, 2.05) is 17.5 Å². The number of thiophene rings is 1. The third-order valence-electron chi connectivity index (χ3n) is 3.95. The lowest BCUT2D eigenvalue weighted by molar-refractivity contribution is -0.116. The standard InChI is InChI=1S/C20H25N3O5S3/c1-21-20(29)23-31(25,26)18-14-15(5-7-17(18)28-12-11-27-2)9-10-22-19(24)8-6-16-4-3-13-30-16/h3-8,13-14H,9-12H2,1-2H3,(H,22,24)(H2,21,23,29)/b8-6+. The van der Waals surface area contributed by atoms with E-state index in [1.54, 1.807) is 29.5 Å². The summed E-state index contributed by atoms with van der Waals surface area (Å²) < 4.78 is 38.3. The smallest absolute Gasteiger partial charge is 0.267 e. The van der Waals surface area contributed by atoms with Gasteiger partial charge in [0.2, 0.25) is 5.91 Å². The summed E-state index contributed by atoms with van der Waals surface area (Å²) in [6.45, 7) is 0.857. The molecule has 0 bridgehead atoms. The molecule has 1 aromatic carbocycles. The number of benzene rings is 1. The van der Waals surface area contributed by atoms with Crippen LogP contribution in [0.3, 0.4) is 0 Å². The Kier molecular flexibility index (Phi) is 9.92. The van der Waals surface area contributed by atoms with E-state index in [2.05, 4.69) is 15.4 Å². The predicted octanol–water partition coefficient (Wildman–Crippen LogP) is 1.93. The van der Waals surface area contributed by atoms with Crippen molar-refractivity contribution in [2.24, 2.45) is 0 Å². The minimum absolute atomic E-state index is 0.0296. The topological polar surface area (TPSA) is 106 Å². The summed E-state index contributed by atoms with van der Waals surface area (Å²) in [6.07, 6.45) is 3.65. The van der Waals surface area contributed by atoms with Crippen molar-refractivity contribution in [3.63, 3.8) is 0 Å². The molecular formula is C20H25N3O5S3. The molecule has 0 saturated heterocycles. The van der Waals surface area contributed by atoms with E-state index in [9.17, 15) is 13.2 Å². The lowest BCUT2D eigenvalue weighted by atomic mass is 10.1. The zero-order valence-corrected chi connectivity index (χ0v) is 19.7. The largest absolute Gasteiger partial charge is 0.490 e. The van der Waals surface area contributed by atoms with Gasteiger partial charge in [0.25, 0.3) is 10.0 Å². The zero-order chi connectivity index (χ0) is 22.7. The lowest BCUT2D eigenvalue weighted by Crippen LogP contribution is -2.37. The predicted molar refractivity (Wildman–Crippen MR) is 126 cm³/mol. The van der Waals surface area contributed by atoms with Crippen LogP contribution in [0.2, 0.25) is 0 Å². The first-order chi connectivity index (χ1) is 14.9. The van der Waals surface area contributed by atoms with Gasteiger partial charge in [-0.3, -0.25) is 9.52 Å². The maximum absolute atomic E-state index is 12.8. The fraction of sp³-hybridized carbons (Fsp3) is 0.300. The number of rotatable bonds is 11. The van der Waals surface area contributed by atoms with Gasteiger partial charge in [0.15, 0.2) is 5.11 Å². The van der Waals surface area contributed by atoms with Crippen molar-refractivity contribution in [1.29, 1.82) is 0 Å². The van der Waals surface area contributed by atoms with Crippen molar-refractivity contribution in [3.05, 3.63) is 52.2 Å². The molecule has 1 aromatic heterocycles. The Balaban J connectivity index is 2.07. The van der Waals surface area contributed by atoms with Crippen LogP contribution in [0.25, 0.3) is 6.08 Å². The van der Waals surface area contributed by atoms with Gasteiger partial charge in [-0.25, -0.2) is 8.42 Å². The Morgan fingerprint density at radius 1 is 1.26 bits per heavy atom. The molecule has 0 spiro atoms. The van der Waals surface area contributed by atoms with Crippen LogP contribution in [0.4, 0.5) is 0 Å². The number of nitrogens with one attached hydrogen (secondary N) is 3. The minimum atomic E-state index is -3.95. The molecule has 1 heterocycles. The lowest BCUT2D eigenvalue weighted by Gasteiger charge is -2.15. The number of thiocarbonyl (C=S) groups is 1. The average molecular weight is 484 g/mol. The molecule has 31 heavy (non-hydrogen) atoms. The van der Waals surface area contributed by atoms with Gasteiger partial charge in [0.1, 0.15) is 17.3 Å². The first-order valence-corrected chi connectivity index (χ1v) is 12.1. The Hall–Kier alpha value is -2.47. The third-order valence-corrected chi connectivity index (χ3v) is 6.60. The maximum atomic E-state index is 12.8. The van der Waals surface area contributed by atoms with Gasteiger partial charge < -0.3 is 20.1 Å². The van der Waals surface area contributed by atoms with Gasteiger partial charge in [-0.1, -0.05) is 12.1 Å². The molecule has 0 unspecified atom stereocenters. The highest BCUT2D eigenvalue weighted by atomic mass is 32.2. The molecule has 0 radical (unpaired) electrons. The van der Waals surface area contributed by atoms with E-state index in [1.165, 1.54) is 26.3 Å². The summed E-state index contributed by atoms with van der Waals surface area (Å²) in [4.78, 5) is 12.9. The Labute approximate surface area is 191 Å². The first kappa shape index (κ1) is 24.8. The minimum Gasteiger partial charge on any atom is -0.490 e. The van der Waals surface area contributed by atoms with Crippen LogP contribution in [-0.2, 0) is 26.0 Å². The second kappa shape index (κ2) is 12.4. The second-order valence-corrected chi connectivity index (χ2v) is 9.24. The van der Waals surface area contributed by atoms with Gasteiger partial charge >= 0.3 is 0 Å². The monoisotopic (exact) mass is 483 g/mol. The molecule has 0 aliphatic carbocycles. The Morgan fingerprint density at radius 2 is 2.06 bits per heavy atom. The fourth-order valence-electron chi connectivity index (χ4n) is 2.43. The van der Waals surface area contributed by atoms with E-state index in [-0.39, 0.29) is 28.3 Å². The highest BCUT2D eigenvalue weighted by Crippen LogP contribution is 2.25. The molecule has 0 fully saturated rings. The number of carbonyl (C=O) groups is 1. The highest BCUT2D eigenvalue weighted by Gasteiger charge is 2.21. The van der Waals surface area contributed by atoms with E-state index in [0.29, 0.717) is 19.6 Å². The molecule has 2 rings (SSSR count). The molecule has 2 aromatic rings. The van der Waals surface area contributed by atoms with Crippen LogP contribution in [0.15, 0.2) is 46.7 Å². The molecule has 8 nitrogen and oxygen atoms in total. The summed E-state index contributed by atoms with van der Waals surface area (Å²) in [5.74, 6) is -0.0306. The van der Waals surface area contributed by atoms with Crippen LogP contribution < -0.4 is 20.1 Å². The van der Waals surface area contributed by atoms with Gasteiger partial charge in [-0.2, -0.15) is 0 Å². The van der Waals surface area contributed by atoms with Crippen molar-refractivity contribution < 1.29 is 22.7 Å². The number of carbonyl (C=O) groups excluding carboxylic acids is 1. The van der Waals surface area contributed by atoms with Crippen LogP contribution in [-0.4, -0.2) is 53.4 Å². The van der Waals surface area contributed by atoms with E-state index < -0.39 is 10.0 Å². The van der Waals surface area contributed by atoms with Crippen molar-refractivity contribution in [2.75, 3.05) is 33.9 Å². The van der Waals surface area contributed by atoms with Crippen molar-refractivity contribution in [1.82, 2.24) is 15.4 Å². The number of amides is 1. The van der Waals surface area contributed by atoms with E-state index >= 15 is 0 Å². The van der Waals surface area contributed by atoms with Crippen LogP contribution in [0, 0.1) is 0 Å². The quantitative estimate of drug-likeness (QED) is 0.255. The van der Waals surface area contributed by atoms with E-state index in [0.717, 1.165) is 10.4 Å². The van der Waals surface area contributed by atoms with Crippen molar-refractivity contribution >= 4 is 50.7 Å². The highest BCUT2D eigenvalue weighted by molar-refractivity contribution is 7.92. The summed E-state index contributed by atoms with van der Waals surface area (Å²) in [7, 11) is -0.904. The summed E-state index contributed by atoms with van der Waals surface area (Å²) >= 11 is 6.46. The molecule has 0 aliphatic rings. The van der Waals surface area contributed by atoms with Gasteiger partial charge in [-0.15, -0.1) is 11.3 Å². The molecule has 3 N–H and O–H groups in total. The molecular weight excluding hydrogens is 458 g/mol. The third kappa shape index (κ3) is 8.29. The van der Waals surface area contributed by atoms with Crippen molar-refractivity contribution in [3.8, 4) is 5.75 Å². The molecule has 0 aliphatic heterocycles. The van der Waals surface area contributed by atoms with Gasteiger partial charge in [-0.05, 0) is 53.9 Å². The van der Waals surface area contributed by atoms with Crippen LogP contribution in [0.1, 0.15) is 10.4 Å². The van der Waals surface area contributed by atoms with Crippen LogP contribution in [0.5, 0.6) is 5.75 Å². The Bertz CT molecular complexity index is 1010. The second-order valence-electron chi connectivity index (χ2n) is 6.20. The summed E-state index contributed by atoms with van der Waals surface area (Å²) in [5, 5.41) is 7.26. The molecule has 0 atom stereocenters.